The predicted molar refractivity (Wildman–Crippen MR) is 75.1 cm³/mol. The molecule has 0 fully saturated rings. The second-order valence-corrected chi connectivity index (χ2v) is 4.66. The molecule has 0 aliphatic rings. The minimum atomic E-state index is -2.77. The first-order valence-corrected chi connectivity index (χ1v) is 6.37. The van der Waals surface area contributed by atoms with Gasteiger partial charge < -0.3 is 5.73 Å². The van der Waals surface area contributed by atoms with E-state index in [-0.39, 0.29) is 12.0 Å². The third-order valence-electron chi connectivity index (χ3n) is 3.09. The van der Waals surface area contributed by atoms with Gasteiger partial charge in [0.1, 0.15) is 0 Å². The molecular formula is C16H17F2N. The molecule has 1 nitrogen and oxygen atoms in total. The van der Waals surface area contributed by atoms with Crippen molar-refractivity contribution in [2.75, 3.05) is 5.73 Å². The average Bonchev–Trinajstić information content (AvgIpc) is 2.40. The minimum Gasteiger partial charge on any atom is -0.399 e. The van der Waals surface area contributed by atoms with Crippen LogP contribution < -0.4 is 5.73 Å². The molecule has 0 heterocycles. The van der Waals surface area contributed by atoms with Crippen molar-refractivity contribution in [3.63, 3.8) is 0 Å². The second-order valence-electron chi connectivity index (χ2n) is 4.66. The molecule has 0 radical (unpaired) electrons. The molecule has 2 rings (SSSR count). The number of benzene rings is 2. The van der Waals surface area contributed by atoms with Crippen LogP contribution in [0.25, 0.3) is 11.1 Å². The summed E-state index contributed by atoms with van der Waals surface area (Å²) in [4.78, 5) is 0. The van der Waals surface area contributed by atoms with Gasteiger partial charge >= 0.3 is 0 Å². The normalized spacial score (nSPS) is 11.5. The van der Waals surface area contributed by atoms with Crippen LogP contribution in [-0.2, 0) is 5.92 Å². The summed E-state index contributed by atoms with van der Waals surface area (Å²) in [6.07, 6.45) is 0.331. The predicted octanol–water partition coefficient (Wildman–Crippen LogP) is 4.83. The van der Waals surface area contributed by atoms with Crippen LogP contribution in [-0.4, -0.2) is 0 Å². The lowest BCUT2D eigenvalue weighted by Gasteiger charge is -2.16. The molecule has 0 spiro atoms. The maximum Gasteiger partial charge on any atom is 0.273 e. The van der Waals surface area contributed by atoms with Gasteiger partial charge in [-0.15, -0.1) is 0 Å². The number of rotatable bonds is 4. The van der Waals surface area contributed by atoms with Crippen LogP contribution in [0.4, 0.5) is 14.5 Å². The lowest BCUT2D eigenvalue weighted by Crippen LogP contribution is -2.12. The summed E-state index contributed by atoms with van der Waals surface area (Å²) >= 11 is 0. The van der Waals surface area contributed by atoms with Crippen molar-refractivity contribution in [2.24, 2.45) is 0 Å². The van der Waals surface area contributed by atoms with E-state index in [0.717, 1.165) is 11.1 Å². The Hall–Kier alpha value is -1.90. The molecule has 0 saturated heterocycles. The van der Waals surface area contributed by atoms with Gasteiger partial charge in [0, 0.05) is 17.7 Å². The molecule has 2 aromatic carbocycles. The van der Waals surface area contributed by atoms with Gasteiger partial charge in [0.05, 0.1) is 0 Å². The monoisotopic (exact) mass is 261 g/mol. The maximum atomic E-state index is 13.9. The number of hydrogen-bond donors (Lipinski definition) is 1. The third-order valence-corrected chi connectivity index (χ3v) is 3.09. The Morgan fingerprint density at radius 1 is 1.00 bits per heavy atom. The second kappa shape index (κ2) is 5.39. The Morgan fingerprint density at radius 3 is 2.32 bits per heavy atom. The van der Waals surface area contributed by atoms with Gasteiger partial charge in [0.25, 0.3) is 5.92 Å². The summed E-state index contributed by atoms with van der Waals surface area (Å²) in [5, 5.41) is 0. The van der Waals surface area contributed by atoms with Gasteiger partial charge in [-0.3, -0.25) is 0 Å². The highest BCUT2D eigenvalue weighted by Crippen LogP contribution is 2.34. The zero-order valence-electron chi connectivity index (χ0n) is 10.9. The van der Waals surface area contributed by atoms with Crippen LogP contribution in [0.2, 0.25) is 0 Å². The van der Waals surface area contributed by atoms with E-state index in [1.165, 1.54) is 6.07 Å². The molecule has 0 atom stereocenters. The largest absolute Gasteiger partial charge is 0.399 e. The first-order valence-electron chi connectivity index (χ1n) is 6.37. The molecular weight excluding hydrogens is 244 g/mol. The van der Waals surface area contributed by atoms with Crippen molar-refractivity contribution < 1.29 is 8.78 Å². The molecule has 0 aliphatic carbocycles. The molecule has 2 N–H and O–H groups in total. The topological polar surface area (TPSA) is 26.0 Å². The molecule has 0 aromatic heterocycles. The highest BCUT2D eigenvalue weighted by molar-refractivity contribution is 5.66. The van der Waals surface area contributed by atoms with Crippen molar-refractivity contribution in [3.05, 3.63) is 54.1 Å². The van der Waals surface area contributed by atoms with Gasteiger partial charge in [-0.05, 0) is 29.3 Å². The Balaban J connectivity index is 2.36. The SMILES string of the molecule is CCCC(F)(F)c1cccc(-c2ccc(N)cc2)c1. The number of nitrogen functional groups attached to an aromatic ring is 1. The molecule has 0 unspecified atom stereocenters. The van der Waals surface area contributed by atoms with E-state index >= 15 is 0 Å². The van der Waals surface area contributed by atoms with Crippen LogP contribution in [0.5, 0.6) is 0 Å². The summed E-state index contributed by atoms with van der Waals surface area (Å²) in [6.45, 7) is 1.76. The fourth-order valence-corrected chi connectivity index (χ4v) is 2.06. The van der Waals surface area contributed by atoms with Gasteiger partial charge in [-0.2, -0.15) is 0 Å². The van der Waals surface area contributed by atoms with E-state index in [2.05, 4.69) is 0 Å². The number of anilines is 1. The van der Waals surface area contributed by atoms with Crippen LogP contribution in [0.15, 0.2) is 48.5 Å². The Labute approximate surface area is 112 Å². The number of nitrogens with two attached hydrogens (primary N) is 1. The summed E-state index contributed by atoms with van der Waals surface area (Å²) in [5.74, 6) is -2.77. The summed E-state index contributed by atoms with van der Waals surface area (Å²) < 4.78 is 27.8. The lowest BCUT2D eigenvalue weighted by atomic mass is 9.98. The van der Waals surface area contributed by atoms with E-state index < -0.39 is 5.92 Å². The highest BCUT2D eigenvalue weighted by atomic mass is 19.3. The number of halogens is 2. The number of hydrogen-bond acceptors (Lipinski definition) is 1. The first kappa shape index (κ1) is 13.5. The molecule has 3 heteroatoms. The fraction of sp³-hybridized carbons (Fsp3) is 0.250. The third kappa shape index (κ3) is 3.11. The quantitative estimate of drug-likeness (QED) is 0.784. The summed E-state index contributed by atoms with van der Waals surface area (Å²) in [7, 11) is 0. The van der Waals surface area contributed by atoms with Crippen LogP contribution in [0.3, 0.4) is 0 Å². The Kier molecular flexibility index (Phi) is 3.84. The highest BCUT2D eigenvalue weighted by Gasteiger charge is 2.30. The smallest absolute Gasteiger partial charge is 0.273 e. The molecule has 0 saturated carbocycles. The van der Waals surface area contributed by atoms with Crippen molar-refractivity contribution in [1.29, 1.82) is 0 Å². The zero-order chi connectivity index (χ0) is 13.9. The van der Waals surface area contributed by atoms with Crippen molar-refractivity contribution >= 4 is 5.69 Å². The van der Waals surface area contributed by atoms with Gasteiger partial charge in [-0.25, -0.2) is 8.78 Å². The summed E-state index contributed by atoms with van der Waals surface area (Å²) in [5.41, 5.74) is 8.04. The van der Waals surface area contributed by atoms with E-state index in [4.69, 9.17) is 5.73 Å². The molecule has 0 aliphatic heterocycles. The average molecular weight is 261 g/mol. The van der Waals surface area contributed by atoms with Crippen LogP contribution in [0, 0.1) is 0 Å². The zero-order valence-corrected chi connectivity index (χ0v) is 10.9. The van der Waals surface area contributed by atoms with Gasteiger partial charge in [0.15, 0.2) is 0 Å². The maximum absolute atomic E-state index is 13.9. The Bertz CT molecular complexity index is 547. The van der Waals surface area contributed by atoms with Crippen molar-refractivity contribution in [3.8, 4) is 11.1 Å². The number of alkyl halides is 2. The van der Waals surface area contributed by atoms with Gasteiger partial charge in [0.2, 0.25) is 0 Å². The standard InChI is InChI=1S/C16H17F2N/c1-2-10-16(17,18)14-5-3-4-13(11-14)12-6-8-15(19)9-7-12/h3-9,11H,2,10,19H2,1H3. The lowest BCUT2D eigenvalue weighted by molar-refractivity contribution is -0.0139. The van der Waals surface area contributed by atoms with E-state index in [1.54, 1.807) is 31.2 Å². The fourth-order valence-electron chi connectivity index (χ4n) is 2.06. The molecule has 0 amide bonds. The molecule has 19 heavy (non-hydrogen) atoms. The molecule has 100 valence electrons. The molecule has 0 bridgehead atoms. The van der Waals surface area contributed by atoms with Gasteiger partial charge in [-0.1, -0.05) is 43.7 Å². The van der Waals surface area contributed by atoms with Crippen LogP contribution in [0.1, 0.15) is 25.3 Å². The van der Waals surface area contributed by atoms with E-state index in [1.807, 2.05) is 18.2 Å². The van der Waals surface area contributed by atoms with E-state index in [9.17, 15) is 8.78 Å². The van der Waals surface area contributed by atoms with E-state index in [0.29, 0.717) is 12.1 Å². The summed E-state index contributed by atoms with van der Waals surface area (Å²) in [6, 6.07) is 13.8. The Morgan fingerprint density at radius 2 is 1.68 bits per heavy atom. The minimum absolute atomic E-state index is 0.0728. The van der Waals surface area contributed by atoms with Crippen molar-refractivity contribution in [2.45, 2.75) is 25.7 Å². The first-order chi connectivity index (χ1) is 9.03. The van der Waals surface area contributed by atoms with Crippen LogP contribution >= 0.6 is 0 Å². The molecule has 2 aromatic rings. The van der Waals surface area contributed by atoms with Crippen molar-refractivity contribution in [1.82, 2.24) is 0 Å².